The molecule has 7 rings (SSSR count). The van der Waals surface area contributed by atoms with Crippen LogP contribution in [0, 0.1) is 0 Å². The van der Waals surface area contributed by atoms with Crippen LogP contribution in [-0.2, 0) is 12.0 Å². The van der Waals surface area contributed by atoms with E-state index in [1.165, 1.54) is 0 Å². The fraction of sp³-hybridized carbons (Fsp3) is 0.0541. The van der Waals surface area contributed by atoms with Gasteiger partial charge in [0.05, 0.1) is 11.9 Å². The molecule has 44 heavy (non-hydrogen) atoms. The van der Waals surface area contributed by atoms with Crippen molar-refractivity contribution in [3.05, 3.63) is 179 Å². The summed E-state index contributed by atoms with van der Waals surface area (Å²) < 4.78 is 1.96. The van der Waals surface area contributed by atoms with Gasteiger partial charge in [-0.15, -0.1) is 5.10 Å². The van der Waals surface area contributed by atoms with Crippen molar-refractivity contribution >= 4 is 6.29 Å². The van der Waals surface area contributed by atoms with Gasteiger partial charge in [0.1, 0.15) is 11.4 Å². The molecular formula is C37H28N6O. The first-order chi connectivity index (χ1) is 21.8. The third-order valence-corrected chi connectivity index (χ3v) is 7.94. The van der Waals surface area contributed by atoms with Gasteiger partial charge in [0.2, 0.25) is 0 Å². The molecule has 2 aromatic heterocycles. The summed E-state index contributed by atoms with van der Waals surface area (Å²) in [7, 11) is 0. The molecule has 7 aromatic rings. The Balaban J connectivity index is 1.38. The highest BCUT2D eigenvalue weighted by molar-refractivity contribution is 5.81. The molecule has 0 bridgehead atoms. The number of aromatic nitrogens is 6. The monoisotopic (exact) mass is 572 g/mol. The molecule has 0 spiro atoms. The minimum Gasteiger partial charge on any atom is -0.340 e. The zero-order chi connectivity index (χ0) is 29.8. The fourth-order valence-electron chi connectivity index (χ4n) is 5.94. The van der Waals surface area contributed by atoms with Crippen molar-refractivity contribution in [2.75, 3.05) is 0 Å². The van der Waals surface area contributed by atoms with Crippen molar-refractivity contribution < 1.29 is 4.79 Å². The predicted molar refractivity (Wildman–Crippen MR) is 170 cm³/mol. The van der Waals surface area contributed by atoms with E-state index >= 15 is 0 Å². The molecule has 0 aliphatic carbocycles. The van der Waals surface area contributed by atoms with Gasteiger partial charge in [0.15, 0.2) is 12.1 Å². The van der Waals surface area contributed by atoms with E-state index in [1.807, 2.05) is 35.0 Å². The first-order valence-electron chi connectivity index (χ1n) is 14.4. The van der Waals surface area contributed by atoms with Crippen LogP contribution in [0.25, 0.3) is 22.5 Å². The number of aldehydes is 1. The van der Waals surface area contributed by atoms with Gasteiger partial charge in [0, 0.05) is 12.0 Å². The molecule has 7 nitrogen and oxygen atoms in total. The van der Waals surface area contributed by atoms with Gasteiger partial charge < -0.3 is 4.98 Å². The van der Waals surface area contributed by atoms with Crippen LogP contribution in [0.5, 0.6) is 0 Å². The van der Waals surface area contributed by atoms with E-state index in [9.17, 15) is 4.79 Å². The Kier molecular flexibility index (Phi) is 7.18. The number of benzene rings is 5. The van der Waals surface area contributed by atoms with E-state index < -0.39 is 5.54 Å². The number of carbonyl (C=O) groups is 1. The van der Waals surface area contributed by atoms with E-state index in [4.69, 9.17) is 5.21 Å². The zero-order valence-corrected chi connectivity index (χ0v) is 23.8. The molecular weight excluding hydrogens is 544 g/mol. The Morgan fingerprint density at radius 1 is 0.659 bits per heavy atom. The van der Waals surface area contributed by atoms with E-state index in [0.29, 0.717) is 17.9 Å². The van der Waals surface area contributed by atoms with Crippen molar-refractivity contribution in [1.29, 1.82) is 0 Å². The molecule has 0 amide bonds. The number of hydrogen-bond donors (Lipinski definition) is 1. The molecule has 212 valence electrons. The minimum absolute atomic E-state index is 0.473. The lowest BCUT2D eigenvalue weighted by atomic mass is 9.77. The number of carbonyl (C=O) groups excluding carboxylic acids is 1. The first kappa shape index (κ1) is 26.9. The molecule has 5 aromatic carbocycles. The molecule has 0 aliphatic heterocycles. The van der Waals surface area contributed by atoms with Crippen LogP contribution in [0.15, 0.2) is 146 Å². The highest BCUT2D eigenvalue weighted by Crippen LogP contribution is 2.43. The first-order valence-corrected chi connectivity index (χ1v) is 14.4. The van der Waals surface area contributed by atoms with Gasteiger partial charge in [0.25, 0.3) is 0 Å². The molecule has 2 heterocycles. The minimum atomic E-state index is -0.844. The largest absolute Gasteiger partial charge is 0.340 e. The van der Waals surface area contributed by atoms with E-state index in [2.05, 4.69) is 129 Å². The highest BCUT2D eigenvalue weighted by Gasteiger charge is 2.42. The Hall–Kier alpha value is -5.95. The van der Waals surface area contributed by atoms with Gasteiger partial charge in [-0.1, -0.05) is 140 Å². The fourth-order valence-corrected chi connectivity index (χ4v) is 5.94. The van der Waals surface area contributed by atoms with Gasteiger partial charge in [-0.3, -0.25) is 4.79 Å². The van der Waals surface area contributed by atoms with Crippen molar-refractivity contribution in [1.82, 2.24) is 30.2 Å². The standard InChI is InChI=1S/C37H28N6O/c44-26-32-25-38-35(39-32)24-27-20-22-28(23-21-27)33-18-10-11-19-34(33)36-40-41-42-43(36)37(29-12-4-1-5-13-29,30-14-6-2-7-15-30)31-16-8-3-9-17-31/h1-23,25-26H,24H2,(H,38,39). The quantitative estimate of drug-likeness (QED) is 0.149. The maximum Gasteiger partial charge on any atom is 0.184 e. The number of rotatable bonds is 9. The van der Waals surface area contributed by atoms with Crippen molar-refractivity contribution in [3.8, 4) is 22.5 Å². The molecule has 0 unspecified atom stereocenters. The highest BCUT2D eigenvalue weighted by atomic mass is 16.1. The molecule has 1 N–H and O–H groups in total. The van der Waals surface area contributed by atoms with Gasteiger partial charge in [-0.2, -0.15) is 0 Å². The SMILES string of the molecule is O=Cc1cnc(Cc2ccc(-c3ccccc3-c3nnnn3C(c3ccccc3)(c3ccccc3)c3ccccc3)cc2)[nH]1. The van der Waals surface area contributed by atoms with Crippen LogP contribution in [-0.4, -0.2) is 36.5 Å². The molecule has 0 saturated heterocycles. The van der Waals surface area contributed by atoms with Crippen LogP contribution in [0.3, 0.4) is 0 Å². The maximum atomic E-state index is 11.0. The Morgan fingerprint density at radius 3 is 1.75 bits per heavy atom. The topological polar surface area (TPSA) is 89.3 Å². The van der Waals surface area contributed by atoms with Crippen LogP contribution in [0.1, 0.15) is 38.6 Å². The number of tetrazole rings is 1. The summed E-state index contributed by atoms with van der Waals surface area (Å²) in [6, 6.07) is 47.8. The van der Waals surface area contributed by atoms with Crippen molar-refractivity contribution in [2.24, 2.45) is 0 Å². The van der Waals surface area contributed by atoms with Crippen molar-refractivity contribution in [3.63, 3.8) is 0 Å². The zero-order valence-electron chi connectivity index (χ0n) is 23.8. The van der Waals surface area contributed by atoms with Gasteiger partial charge in [-0.25, -0.2) is 9.67 Å². The number of aromatic amines is 1. The lowest BCUT2D eigenvalue weighted by Gasteiger charge is -2.36. The molecule has 0 atom stereocenters. The second kappa shape index (κ2) is 11.7. The third-order valence-electron chi connectivity index (χ3n) is 7.94. The summed E-state index contributed by atoms with van der Waals surface area (Å²) >= 11 is 0. The summed E-state index contributed by atoms with van der Waals surface area (Å²) in [6.07, 6.45) is 2.92. The molecule has 0 radical (unpaired) electrons. The number of H-pyrrole nitrogens is 1. The van der Waals surface area contributed by atoms with Crippen molar-refractivity contribution in [2.45, 2.75) is 12.0 Å². The van der Waals surface area contributed by atoms with E-state index in [1.54, 1.807) is 6.20 Å². The Labute approximate surface area is 254 Å². The average molecular weight is 573 g/mol. The second-order valence-electron chi connectivity index (χ2n) is 10.5. The average Bonchev–Trinajstić information content (AvgIpc) is 3.77. The summed E-state index contributed by atoms with van der Waals surface area (Å²) in [5, 5.41) is 13.7. The second-order valence-corrected chi connectivity index (χ2v) is 10.5. The Morgan fingerprint density at radius 2 is 1.20 bits per heavy atom. The van der Waals surface area contributed by atoms with Gasteiger partial charge >= 0.3 is 0 Å². The lowest BCUT2D eigenvalue weighted by Crippen LogP contribution is -2.39. The number of nitrogens with zero attached hydrogens (tertiary/aromatic N) is 5. The van der Waals surface area contributed by atoms with E-state index in [-0.39, 0.29) is 0 Å². The summed E-state index contributed by atoms with van der Waals surface area (Å²) in [6.45, 7) is 0. The lowest BCUT2D eigenvalue weighted by molar-refractivity contribution is 0.111. The molecule has 7 heteroatoms. The molecule has 0 aliphatic rings. The van der Waals surface area contributed by atoms with Crippen LogP contribution >= 0.6 is 0 Å². The summed E-state index contributed by atoms with van der Waals surface area (Å²) in [4.78, 5) is 18.4. The number of hydrogen-bond acceptors (Lipinski definition) is 5. The van der Waals surface area contributed by atoms with E-state index in [0.717, 1.165) is 51.1 Å². The predicted octanol–water partition coefficient (Wildman–Crippen LogP) is 6.97. The summed E-state index contributed by atoms with van der Waals surface area (Å²) in [5.41, 5.74) is 6.81. The number of nitrogens with one attached hydrogen (secondary N) is 1. The van der Waals surface area contributed by atoms with Crippen LogP contribution in [0.2, 0.25) is 0 Å². The maximum absolute atomic E-state index is 11.0. The molecule has 0 fully saturated rings. The molecule has 0 saturated carbocycles. The van der Waals surface area contributed by atoms with Crippen LogP contribution < -0.4 is 0 Å². The third kappa shape index (κ3) is 4.80. The Bertz CT molecular complexity index is 1900. The normalized spacial score (nSPS) is 11.4. The summed E-state index contributed by atoms with van der Waals surface area (Å²) in [5.74, 6) is 1.40. The van der Waals surface area contributed by atoms with Gasteiger partial charge in [-0.05, 0) is 43.8 Å². The van der Waals surface area contributed by atoms with Crippen LogP contribution in [0.4, 0.5) is 0 Å². The number of imidazole rings is 1. The smallest absolute Gasteiger partial charge is 0.184 e.